The molecule has 1 heterocycles. The molecule has 1 amide bonds. The van der Waals surface area contributed by atoms with E-state index in [9.17, 15) is 9.18 Å². The van der Waals surface area contributed by atoms with Crippen LogP contribution in [0.1, 0.15) is 15.9 Å². The van der Waals surface area contributed by atoms with E-state index in [2.05, 4.69) is 15.6 Å². The van der Waals surface area contributed by atoms with Gasteiger partial charge in [0.15, 0.2) is 0 Å². The minimum Gasteiger partial charge on any atom is -0.495 e. The third-order valence-corrected chi connectivity index (χ3v) is 3.73. The van der Waals surface area contributed by atoms with Crippen molar-refractivity contribution in [1.82, 2.24) is 4.98 Å². The maximum atomic E-state index is 13.2. The predicted octanol–water partition coefficient (Wildman–Crippen LogP) is 4.53. The second-order valence-electron chi connectivity index (χ2n) is 5.73. The maximum absolute atomic E-state index is 13.2. The van der Waals surface area contributed by atoms with E-state index in [0.29, 0.717) is 22.8 Å². The molecule has 6 heteroatoms. The summed E-state index contributed by atoms with van der Waals surface area (Å²) >= 11 is 0. The van der Waals surface area contributed by atoms with Crippen LogP contribution in [-0.2, 0) is 0 Å². The van der Waals surface area contributed by atoms with Gasteiger partial charge in [-0.25, -0.2) is 9.37 Å². The third kappa shape index (κ3) is 4.16. The van der Waals surface area contributed by atoms with Gasteiger partial charge in [0.2, 0.25) is 0 Å². The van der Waals surface area contributed by atoms with Crippen LogP contribution < -0.4 is 15.4 Å². The zero-order valence-electron chi connectivity index (χ0n) is 14.4. The molecule has 0 aliphatic rings. The lowest BCUT2D eigenvalue weighted by Crippen LogP contribution is -2.12. The zero-order chi connectivity index (χ0) is 18.5. The summed E-state index contributed by atoms with van der Waals surface area (Å²) in [5, 5.41) is 5.80. The highest BCUT2D eigenvalue weighted by molar-refractivity contribution is 6.04. The number of hydrogen-bond acceptors (Lipinski definition) is 4. The number of carbonyl (C=O) groups is 1. The molecule has 3 aromatic rings. The fourth-order valence-corrected chi connectivity index (χ4v) is 2.43. The minimum atomic E-state index is -0.410. The summed E-state index contributed by atoms with van der Waals surface area (Å²) in [5.74, 6) is 0.511. The highest BCUT2D eigenvalue weighted by Gasteiger charge is 2.09. The van der Waals surface area contributed by atoms with E-state index in [1.807, 2.05) is 25.1 Å². The van der Waals surface area contributed by atoms with Crippen molar-refractivity contribution in [3.63, 3.8) is 0 Å². The smallest absolute Gasteiger partial charge is 0.257 e. The number of aryl methyl sites for hydroxylation is 1. The molecule has 0 fully saturated rings. The van der Waals surface area contributed by atoms with Gasteiger partial charge in [-0.15, -0.1) is 0 Å². The summed E-state index contributed by atoms with van der Waals surface area (Å²) < 4.78 is 18.5. The molecule has 2 aromatic carbocycles. The van der Waals surface area contributed by atoms with Gasteiger partial charge in [-0.05, 0) is 55.0 Å². The highest BCUT2D eigenvalue weighted by atomic mass is 19.1. The van der Waals surface area contributed by atoms with Crippen LogP contribution in [-0.4, -0.2) is 18.0 Å². The van der Waals surface area contributed by atoms with E-state index in [-0.39, 0.29) is 5.91 Å². The lowest BCUT2D eigenvalue weighted by atomic mass is 10.2. The number of methoxy groups -OCH3 is 1. The van der Waals surface area contributed by atoms with Crippen molar-refractivity contribution < 1.29 is 13.9 Å². The zero-order valence-corrected chi connectivity index (χ0v) is 14.4. The second kappa shape index (κ2) is 7.65. The summed E-state index contributed by atoms with van der Waals surface area (Å²) in [4.78, 5) is 16.5. The largest absolute Gasteiger partial charge is 0.495 e. The number of ether oxygens (including phenoxy) is 1. The average Bonchev–Trinajstić information content (AvgIpc) is 2.62. The SMILES string of the molecule is COc1ccc(C)cc1Nc1ccc(C(=O)Nc2cccc(F)c2)cn1. The van der Waals surface area contributed by atoms with Crippen molar-refractivity contribution in [2.45, 2.75) is 6.92 Å². The molecule has 0 spiro atoms. The number of nitrogens with zero attached hydrogens (tertiary/aromatic N) is 1. The molecule has 0 radical (unpaired) electrons. The van der Waals surface area contributed by atoms with Gasteiger partial charge in [-0.1, -0.05) is 12.1 Å². The van der Waals surface area contributed by atoms with Crippen molar-refractivity contribution in [2.75, 3.05) is 17.7 Å². The Balaban J connectivity index is 1.72. The first-order valence-corrected chi connectivity index (χ1v) is 8.00. The quantitative estimate of drug-likeness (QED) is 0.709. The van der Waals surface area contributed by atoms with Gasteiger partial charge < -0.3 is 15.4 Å². The molecule has 0 unspecified atom stereocenters. The third-order valence-electron chi connectivity index (χ3n) is 3.73. The lowest BCUT2D eigenvalue weighted by Gasteiger charge is -2.12. The molecular formula is C20H18FN3O2. The second-order valence-corrected chi connectivity index (χ2v) is 5.73. The fourth-order valence-electron chi connectivity index (χ4n) is 2.43. The monoisotopic (exact) mass is 351 g/mol. The number of benzene rings is 2. The van der Waals surface area contributed by atoms with Crippen molar-refractivity contribution in [3.8, 4) is 5.75 Å². The van der Waals surface area contributed by atoms with Crippen LogP contribution in [0.3, 0.4) is 0 Å². The van der Waals surface area contributed by atoms with Crippen LogP contribution in [0.2, 0.25) is 0 Å². The molecule has 0 aliphatic carbocycles. The Bertz CT molecular complexity index is 927. The Hall–Kier alpha value is -3.41. The average molecular weight is 351 g/mol. The van der Waals surface area contributed by atoms with E-state index in [4.69, 9.17) is 4.74 Å². The van der Waals surface area contributed by atoms with Gasteiger partial charge in [-0.3, -0.25) is 4.79 Å². The summed E-state index contributed by atoms with van der Waals surface area (Å²) in [6.45, 7) is 1.98. The molecule has 0 saturated heterocycles. The van der Waals surface area contributed by atoms with Crippen LogP contribution in [0.15, 0.2) is 60.8 Å². The topological polar surface area (TPSA) is 63.2 Å². The number of halogens is 1. The molecule has 1 aromatic heterocycles. The Morgan fingerprint density at radius 2 is 1.96 bits per heavy atom. The molecule has 0 bridgehead atoms. The number of hydrogen-bond donors (Lipinski definition) is 2. The van der Waals surface area contributed by atoms with E-state index in [1.165, 1.54) is 24.4 Å². The molecule has 132 valence electrons. The van der Waals surface area contributed by atoms with Crippen molar-refractivity contribution in [1.29, 1.82) is 0 Å². The minimum absolute atomic E-state index is 0.359. The maximum Gasteiger partial charge on any atom is 0.257 e. The van der Waals surface area contributed by atoms with Gasteiger partial charge in [0.25, 0.3) is 5.91 Å². The highest BCUT2D eigenvalue weighted by Crippen LogP contribution is 2.27. The van der Waals surface area contributed by atoms with Gasteiger partial charge in [0.1, 0.15) is 17.4 Å². The number of rotatable bonds is 5. The van der Waals surface area contributed by atoms with Gasteiger partial charge in [-0.2, -0.15) is 0 Å². The van der Waals surface area contributed by atoms with E-state index in [0.717, 1.165) is 11.3 Å². The van der Waals surface area contributed by atoms with Crippen molar-refractivity contribution in [3.05, 3.63) is 77.7 Å². The molecule has 26 heavy (non-hydrogen) atoms. The van der Waals surface area contributed by atoms with E-state index >= 15 is 0 Å². The van der Waals surface area contributed by atoms with E-state index < -0.39 is 5.82 Å². The summed E-state index contributed by atoms with van der Waals surface area (Å²) in [6.07, 6.45) is 1.46. The molecule has 0 aliphatic heterocycles. The van der Waals surface area contributed by atoms with Gasteiger partial charge in [0, 0.05) is 11.9 Å². The van der Waals surface area contributed by atoms with Crippen LogP contribution in [0.25, 0.3) is 0 Å². The summed E-state index contributed by atoms with van der Waals surface area (Å²) in [6, 6.07) is 14.8. The number of nitrogens with one attached hydrogen (secondary N) is 2. The fraction of sp³-hybridized carbons (Fsp3) is 0.100. The molecule has 5 nitrogen and oxygen atoms in total. The van der Waals surface area contributed by atoms with Crippen LogP contribution >= 0.6 is 0 Å². The first kappa shape index (κ1) is 17.4. The van der Waals surface area contributed by atoms with Crippen LogP contribution in [0.5, 0.6) is 5.75 Å². The Morgan fingerprint density at radius 3 is 2.65 bits per heavy atom. The molecule has 3 rings (SSSR count). The number of amides is 1. The molecule has 2 N–H and O–H groups in total. The van der Waals surface area contributed by atoms with Gasteiger partial charge in [0.05, 0.1) is 18.4 Å². The molecular weight excluding hydrogens is 333 g/mol. The van der Waals surface area contributed by atoms with E-state index in [1.54, 1.807) is 25.3 Å². The Labute approximate surface area is 150 Å². The Kier molecular flexibility index (Phi) is 5.12. The molecule has 0 saturated carbocycles. The summed E-state index contributed by atoms with van der Waals surface area (Å²) in [7, 11) is 1.60. The first-order chi connectivity index (χ1) is 12.5. The number of carbonyl (C=O) groups excluding carboxylic acids is 1. The van der Waals surface area contributed by atoms with Crippen molar-refractivity contribution >= 4 is 23.1 Å². The van der Waals surface area contributed by atoms with Crippen LogP contribution in [0.4, 0.5) is 21.6 Å². The Morgan fingerprint density at radius 1 is 1.12 bits per heavy atom. The van der Waals surface area contributed by atoms with Crippen LogP contribution in [0, 0.1) is 12.7 Å². The lowest BCUT2D eigenvalue weighted by molar-refractivity contribution is 0.102. The van der Waals surface area contributed by atoms with Gasteiger partial charge >= 0.3 is 0 Å². The number of pyridine rings is 1. The predicted molar refractivity (Wildman–Crippen MR) is 99.6 cm³/mol. The molecule has 0 atom stereocenters. The number of anilines is 3. The number of aromatic nitrogens is 1. The standard InChI is InChI=1S/C20H18FN3O2/c1-13-6-8-18(26-2)17(10-13)24-19-9-7-14(12-22-19)20(25)23-16-5-3-4-15(21)11-16/h3-12H,1-2H3,(H,22,24)(H,23,25). The summed E-state index contributed by atoms with van der Waals surface area (Å²) in [5.41, 5.74) is 2.63. The first-order valence-electron chi connectivity index (χ1n) is 8.00. The normalized spacial score (nSPS) is 10.3. The van der Waals surface area contributed by atoms with Crippen molar-refractivity contribution in [2.24, 2.45) is 0 Å².